The van der Waals surface area contributed by atoms with E-state index in [4.69, 9.17) is 10.5 Å². The topological polar surface area (TPSA) is 69.4 Å². The fourth-order valence-corrected chi connectivity index (χ4v) is 4.74. The Morgan fingerprint density at radius 3 is 2.40 bits per heavy atom. The first-order valence-electron chi connectivity index (χ1n) is 6.70. The van der Waals surface area contributed by atoms with Crippen LogP contribution in [0.15, 0.2) is 24.3 Å². The fraction of sp³-hybridized carbons (Fsp3) is 0.571. The van der Waals surface area contributed by atoms with E-state index < -0.39 is 20.6 Å². The summed E-state index contributed by atoms with van der Waals surface area (Å²) in [6, 6.07) is 5.84. The second-order valence-electron chi connectivity index (χ2n) is 5.15. The fourth-order valence-electron chi connectivity index (χ4n) is 2.75. The van der Waals surface area contributed by atoms with Crippen LogP contribution in [0.3, 0.4) is 0 Å². The summed E-state index contributed by atoms with van der Waals surface area (Å²) in [5.41, 5.74) is 6.09. The van der Waals surface area contributed by atoms with Gasteiger partial charge in [-0.05, 0) is 24.6 Å². The Balaban J connectivity index is 2.32. The van der Waals surface area contributed by atoms with E-state index in [1.165, 1.54) is 12.1 Å². The Kier molecular flexibility index (Phi) is 4.18. The Labute approximate surface area is 119 Å². The largest absolute Gasteiger partial charge is 0.380 e. The molecule has 1 aromatic carbocycles. The van der Waals surface area contributed by atoms with Gasteiger partial charge in [-0.25, -0.2) is 12.8 Å². The lowest BCUT2D eigenvalue weighted by atomic mass is 10.1. The smallest absolute Gasteiger partial charge is 0.155 e. The highest BCUT2D eigenvalue weighted by atomic mass is 32.2. The lowest BCUT2D eigenvalue weighted by Crippen LogP contribution is -2.36. The van der Waals surface area contributed by atoms with Gasteiger partial charge in [0.05, 0.1) is 17.4 Å². The van der Waals surface area contributed by atoms with Gasteiger partial charge in [-0.2, -0.15) is 0 Å². The molecule has 0 heterocycles. The lowest BCUT2D eigenvalue weighted by molar-refractivity contribution is 0.125. The van der Waals surface area contributed by atoms with Crippen LogP contribution in [0.25, 0.3) is 0 Å². The van der Waals surface area contributed by atoms with Gasteiger partial charge in [-0.1, -0.05) is 19.1 Å². The van der Waals surface area contributed by atoms with Crippen LogP contribution in [0.4, 0.5) is 4.39 Å². The predicted molar refractivity (Wildman–Crippen MR) is 75.8 cm³/mol. The zero-order valence-electron chi connectivity index (χ0n) is 11.7. The van der Waals surface area contributed by atoms with E-state index in [-0.39, 0.29) is 24.1 Å². The zero-order chi connectivity index (χ0) is 15.0. The molecule has 0 aromatic heterocycles. The van der Waals surface area contributed by atoms with Crippen molar-refractivity contribution < 1.29 is 17.5 Å². The van der Waals surface area contributed by atoms with Crippen LogP contribution >= 0.6 is 0 Å². The van der Waals surface area contributed by atoms with E-state index in [9.17, 15) is 12.8 Å². The third-order valence-electron chi connectivity index (χ3n) is 3.88. The van der Waals surface area contributed by atoms with Gasteiger partial charge in [0.2, 0.25) is 0 Å². The monoisotopic (exact) mass is 301 g/mol. The number of sulfone groups is 1. The van der Waals surface area contributed by atoms with Crippen LogP contribution in [0, 0.1) is 5.82 Å². The average Bonchev–Trinajstić information content (AvgIpc) is 3.05. The Morgan fingerprint density at radius 2 is 1.90 bits per heavy atom. The molecule has 1 aliphatic rings. The van der Waals surface area contributed by atoms with Gasteiger partial charge in [-0.3, -0.25) is 0 Å². The van der Waals surface area contributed by atoms with Gasteiger partial charge < -0.3 is 10.5 Å². The van der Waals surface area contributed by atoms with Crippen molar-refractivity contribution in [1.29, 1.82) is 0 Å². The Morgan fingerprint density at radius 1 is 1.30 bits per heavy atom. The average molecular weight is 301 g/mol. The van der Waals surface area contributed by atoms with Crippen LogP contribution < -0.4 is 5.73 Å². The summed E-state index contributed by atoms with van der Waals surface area (Å²) in [5.74, 6) is -0.642. The van der Waals surface area contributed by atoms with Crippen LogP contribution in [0.1, 0.15) is 25.3 Å². The summed E-state index contributed by atoms with van der Waals surface area (Å²) < 4.78 is 42.7. The predicted octanol–water partition coefficient (Wildman–Crippen LogP) is 1.46. The molecule has 0 unspecified atom stereocenters. The maximum Gasteiger partial charge on any atom is 0.155 e. The molecule has 0 saturated heterocycles. The Bertz CT molecular complexity index is 573. The number of rotatable bonds is 6. The highest BCUT2D eigenvalue weighted by Gasteiger charge is 2.68. The van der Waals surface area contributed by atoms with Crippen LogP contribution in [0.2, 0.25) is 0 Å². The molecule has 0 aliphatic heterocycles. The summed E-state index contributed by atoms with van der Waals surface area (Å²) in [4.78, 5) is 0. The van der Waals surface area contributed by atoms with Gasteiger partial charge >= 0.3 is 0 Å². The minimum Gasteiger partial charge on any atom is -0.380 e. The number of nitrogens with two attached hydrogens (primary N) is 1. The quantitative estimate of drug-likeness (QED) is 0.863. The third-order valence-corrected chi connectivity index (χ3v) is 6.17. The first-order valence-corrected chi connectivity index (χ1v) is 8.42. The molecule has 1 aromatic rings. The maximum absolute atomic E-state index is 13.0. The van der Waals surface area contributed by atoms with Crippen molar-refractivity contribution in [2.75, 3.05) is 19.0 Å². The highest BCUT2D eigenvalue weighted by Crippen LogP contribution is 2.54. The third kappa shape index (κ3) is 2.60. The van der Waals surface area contributed by atoms with Crippen molar-refractivity contribution in [3.8, 4) is 0 Å². The molecule has 0 radical (unpaired) electrons. The van der Waals surface area contributed by atoms with Crippen LogP contribution in [0.5, 0.6) is 0 Å². The normalized spacial score (nSPS) is 29.4. The molecule has 1 saturated carbocycles. The second-order valence-corrected chi connectivity index (χ2v) is 7.56. The molecule has 112 valence electrons. The highest BCUT2D eigenvalue weighted by molar-refractivity contribution is 7.92. The Hall–Kier alpha value is -0.980. The maximum atomic E-state index is 13.0. The number of benzene rings is 1. The van der Waals surface area contributed by atoms with E-state index in [2.05, 4.69) is 0 Å². The van der Waals surface area contributed by atoms with E-state index in [0.29, 0.717) is 6.61 Å². The second kappa shape index (κ2) is 5.42. The van der Waals surface area contributed by atoms with Gasteiger partial charge in [0.25, 0.3) is 0 Å². The molecule has 6 heteroatoms. The van der Waals surface area contributed by atoms with Crippen molar-refractivity contribution in [2.24, 2.45) is 5.73 Å². The summed E-state index contributed by atoms with van der Waals surface area (Å²) in [5, 5.41) is -0.656. The molecular formula is C14H20FNO3S. The molecule has 2 N–H and O–H groups in total. The van der Waals surface area contributed by atoms with Crippen LogP contribution in [-0.4, -0.2) is 38.2 Å². The standard InChI is InChI=1S/C14H20FNO3S/c1-3-19-9-14(16)12(13(14)20(17,18)4-2)10-5-7-11(15)8-6-10/h5-8,12-13H,3-4,9,16H2,1-2H3/t12-,13-,14+/m1/s1. The zero-order valence-corrected chi connectivity index (χ0v) is 12.5. The van der Waals surface area contributed by atoms with Crippen molar-refractivity contribution >= 4 is 9.84 Å². The molecule has 1 aliphatic carbocycles. The molecule has 1 fully saturated rings. The molecule has 0 spiro atoms. The first-order chi connectivity index (χ1) is 9.36. The molecule has 4 nitrogen and oxygen atoms in total. The van der Waals surface area contributed by atoms with Gasteiger partial charge in [-0.15, -0.1) is 0 Å². The van der Waals surface area contributed by atoms with Gasteiger partial charge in [0.1, 0.15) is 5.82 Å². The summed E-state index contributed by atoms with van der Waals surface area (Å²) in [6.45, 7) is 4.11. The van der Waals surface area contributed by atoms with E-state index in [1.54, 1.807) is 19.1 Å². The molecule has 0 amide bonds. The molecule has 3 atom stereocenters. The molecule has 0 bridgehead atoms. The van der Waals surface area contributed by atoms with E-state index >= 15 is 0 Å². The number of hydrogen-bond donors (Lipinski definition) is 1. The number of hydrogen-bond acceptors (Lipinski definition) is 4. The van der Waals surface area contributed by atoms with Gasteiger partial charge in [0.15, 0.2) is 9.84 Å². The summed E-state index contributed by atoms with van der Waals surface area (Å²) in [6.07, 6.45) is 0. The van der Waals surface area contributed by atoms with Crippen molar-refractivity contribution in [3.63, 3.8) is 0 Å². The lowest BCUT2D eigenvalue weighted by Gasteiger charge is -2.12. The molecule has 2 rings (SSSR count). The SMILES string of the molecule is CCOC[C@]1(N)[C@H](c2ccc(F)cc2)[C@H]1S(=O)(=O)CC. The number of ether oxygens (including phenoxy) is 1. The minimum atomic E-state index is -3.27. The number of halogens is 1. The van der Waals surface area contributed by atoms with Crippen molar-refractivity contribution in [3.05, 3.63) is 35.6 Å². The van der Waals surface area contributed by atoms with Gasteiger partial charge in [0, 0.05) is 18.3 Å². The van der Waals surface area contributed by atoms with Crippen LogP contribution in [-0.2, 0) is 14.6 Å². The first kappa shape index (κ1) is 15.4. The van der Waals surface area contributed by atoms with E-state index in [1.807, 2.05) is 6.92 Å². The molecule has 20 heavy (non-hydrogen) atoms. The van der Waals surface area contributed by atoms with Crippen molar-refractivity contribution in [1.82, 2.24) is 0 Å². The van der Waals surface area contributed by atoms with Crippen molar-refractivity contribution in [2.45, 2.75) is 30.6 Å². The summed E-state index contributed by atoms with van der Waals surface area (Å²) >= 11 is 0. The molecular weight excluding hydrogens is 281 g/mol. The minimum absolute atomic E-state index is 0.0421. The van der Waals surface area contributed by atoms with E-state index in [0.717, 1.165) is 5.56 Å². The summed E-state index contributed by atoms with van der Waals surface area (Å²) in [7, 11) is -3.27.